The molecule has 1 aliphatic heterocycles. The number of benzene rings is 1. The van der Waals surface area contributed by atoms with Gasteiger partial charge in [0.2, 0.25) is 5.91 Å². The van der Waals surface area contributed by atoms with Gasteiger partial charge in [0.1, 0.15) is 0 Å². The van der Waals surface area contributed by atoms with Crippen LogP contribution in [0.5, 0.6) is 0 Å². The summed E-state index contributed by atoms with van der Waals surface area (Å²) < 4.78 is 1.96. The van der Waals surface area contributed by atoms with E-state index in [0.29, 0.717) is 13.1 Å². The third kappa shape index (κ3) is 3.00. The number of amides is 1. The number of hydrogen-bond donors (Lipinski definition) is 1. The molecule has 0 unspecified atom stereocenters. The summed E-state index contributed by atoms with van der Waals surface area (Å²) in [6, 6.07) is 10.3. The fraction of sp³-hybridized carbons (Fsp3) is 0.375. The fourth-order valence-corrected chi connectivity index (χ4v) is 3.02. The van der Waals surface area contributed by atoms with E-state index < -0.39 is 0 Å². The Morgan fingerprint density at radius 2 is 1.91 bits per heavy atom. The van der Waals surface area contributed by atoms with Gasteiger partial charge in [0.15, 0.2) is 0 Å². The van der Waals surface area contributed by atoms with Crippen LogP contribution in [0.1, 0.15) is 11.3 Å². The SMILES string of the molecule is Cl.Cn1nc2c(c1-c1ccccc1)CCN(C(=O)CN)CC2. The molecule has 0 spiro atoms. The number of carbonyl (C=O) groups is 1. The number of nitrogens with two attached hydrogens (primary N) is 1. The van der Waals surface area contributed by atoms with Crippen molar-refractivity contribution < 1.29 is 4.79 Å². The summed E-state index contributed by atoms with van der Waals surface area (Å²) in [7, 11) is 1.99. The van der Waals surface area contributed by atoms with Crippen LogP contribution in [-0.4, -0.2) is 40.2 Å². The average molecular weight is 321 g/mol. The van der Waals surface area contributed by atoms with E-state index >= 15 is 0 Å². The normalized spacial score (nSPS) is 14.0. The molecule has 0 saturated heterocycles. The van der Waals surface area contributed by atoms with Crippen molar-refractivity contribution in [3.05, 3.63) is 41.6 Å². The van der Waals surface area contributed by atoms with Crippen LogP contribution in [0.25, 0.3) is 11.3 Å². The second-order valence-electron chi connectivity index (χ2n) is 5.35. The van der Waals surface area contributed by atoms with Gasteiger partial charge in [-0.15, -0.1) is 12.4 Å². The summed E-state index contributed by atoms with van der Waals surface area (Å²) in [5.74, 6) is 0.0192. The summed E-state index contributed by atoms with van der Waals surface area (Å²) >= 11 is 0. The monoisotopic (exact) mass is 320 g/mol. The number of rotatable bonds is 2. The van der Waals surface area contributed by atoms with E-state index in [1.165, 1.54) is 11.1 Å². The lowest BCUT2D eigenvalue weighted by Crippen LogP contribution is -2.37. The van der Waals surface area contributed by atoms with Gasteiger partial charge >= 0.3 is 0 Å². The molecule has 1 amide bonds. The summed E-state index contributed by atoms with van der Waals surface area (Å²) in [6.07, 6.45) is 1.63. The van der Waals surface area contributed by atoms with Crippen LogP contribution < -0.4 is 5.73 Å². The molecule has 0 atom stereocenters. The lowest BCUT2D eigenvalue weighted by molar-refractivity contribution is -0.129. The van der Waals surface area contributed by atoms with E-state index in [2.05, 4.69) is 17.2 Å². The smallest absolute Gasteiger partial charge is 0.236 e. The molecular formula is C16H21ClN4O. The Bertz CT molecular complexity index is 654. The Labute approximate surface area is 136 Å². The molecule has 0 saturated carbocycles. The van der Waals surface area contributed by atoms with Crippen LogP contribution in [0, 0.1) is 0 Å². The van der Waals surface area contributed by atoms with Crippen LogP contribution in [0.3, 0.4) is 0 Å². The van der Waals surface area contributed by atoms with Gasteiger partial charge in [-0.2, -0.15) is 5.10 Å². The maximum absolute atomic E-state index is 11.8. The Kier molecular flexibility index (Phi) is 5.21. The first-order valence-electron chi connectivity index (χ1n) is 7.28. The third-order valence-corrected chi connectivity index (χ3v) is 4.05. The van der Waals surface area contributed by atoms with Crippen molar-refractivity contribution in [2.75, 3.05) is 19.6 Å². The maximum atomic E-state index is 11.8. The highest BCUT2D eigenvalue weighted by molar-refractivity contribution is 5.85. The van der Waals surface area contributed by atoms with Gasteiger partial charge in [-0.1, -0.05) is 30.3 Å². The second-order valence-corrected chi connectivity index (χ2v) is 5.35. The second kappa shape index (κ2) is 6.94. The van der Waals surface area contributed by atoms with Crippen molar-refractivity contribution in [2.24, 2.45) is 12.8 Å². The van der Waals surface area contributed by atoms with Crippen molar-refractivity contribution >= 4 is 18.3 Å². The molecule has 118 valence electrons. The topological polar surface area (TPSA) is 64.2 Å². The molecular weight excluding hydrogens is 300 g/mol. The first-order chi connectivity index (χ1) is 10.2. The Morgan fingerprint density at radius 1 is 1.23 bits per heavy atom. The molecule has 0 fully saturated rings. The van der Waals surface area contributed by atoms with E-state index in [1.807, 2.05) is 34.8 Å². The lowest BCUT2D eigenvalue weighted by atomic mass is 10.0. The number of carbonyl (C=O) groups excluding carboxylic acids is 1. The van der Waals surface area contributed by atoms with Crippen molar-refractivity contribution in [3.63, 3.8) is 0 Å². The highest BCUT2D eigenvalue weighted by Gasteiger charge is 2.23. The molecule has 22 heavy (non-hydrogen) atoms. The van der Waals surface area contributed by atoms with Gasteiger partial charge in [-0.05, 0) is 6.42 Å². The lowest BCUT2D eigenvalue weighted by Gasteiger charge is -2.19. The van der Waals surface area contributed by atoms with Gasteiger partial charge in [-0.3, -0.25) is 9.48 Å². The largest absolute Gasteiger partial charge is 0.341 e. The zero-order valence-electron chi connectivity index (χ0n) is 12.7. The molecule has 3 rings (SSSR count). The minimum Gasteiger partial charge on any atom is -0.341 e. The average Bonchev–Trinajstić information content (AvgIpc) is 2.69. The first kappa shape index (κ1) is 16.5. The quantitative estimate of drug-likeness (QED) is 0.909. The predicted octanol–water partition coefficient (Wildman–Crippen LogP) is 1.39. The number of halogens is 1. The van der Waals surface area contributed by atoms with Crippen molar-refractivity contribution in [2.45, 2.75) is 12.8 Å². The highest BCUT2D eigenvalue weighted by Crippen LogP contribution is 2.28. The fourth-order valence-electron chi connectivity index (χ4n) is 3.02. The van der Waals surface area contributed by atoms with Gasteiger partial charge in [0.05, 0.1) is 17.9 Å². The Balaban J connectivity index is 0.00000176. The minimum atomic E-state index is 0. The van der Waals surface area contributed by atoms with Crippen LogP contribution in [0.15, 0.2) is 30.3 Å². The molecule has 0 aliphatic carbocycles. The third-order valence-electron chi connectivity index (χ3n) is 4.05. The van der Waals surface area contributed by atoms with E-state index in [0.717, 1.165) is 24.2 Å². The zero-order chi connectivity index (χ0) is 14.8. The molecule has 1 aliphatic rings. The minimum absolute atomic E-state index is 0. The van der Waals surface area contributed by atoms with Gasteiger partial charge in [0, 0.05) is 37.7 Å². The van der Waals surface area contributed by atoms with Crippen molar-refractivity contribution in [1.29, 1.82) is 0 Å². The molecule has 6 heteroatoms. The van der Waals surface area contributed by atoms with E-state index in [9.17, 15) is 4.79 Å². The number of nitrogens with zero attached hydrogens (tertiary/aromatic N) is 3. The van der Waals surface area contributed by atoms with Crippen LogP contribution in [0.4, 0.5) is 0 Å². The predicted molar refractivity (Wildman–Crippen MR) is 88.9 cm³/mol. The summed E-state index contributed by atoms with van der Waals surface area (Å²) in [5, 5.41) is 4.65. The molecule has 0 radical (unpaired) electrons. The number of aryl methyl sites for hydroxylation is 1. The summed E-state index contributed by atoms with van der Waals surface area (Å²) in [6.45, 7) is 1.50. The summed E-state index contributed by atoms with van der Waals surface area (Å²) in [5.41, 5.74) is 10.2. The van der Waals surface area contributed by atoms with E-state index in [-0.39, 0.29) is 24.9 Å². The van der Waals surface area contributed by atoms with Crippen molar-refractivity contribution in [1.82, 2.24) is 14.7 Å². The Morgan fingerprint density at radius 3 is 2.59 bits per heavy atom. The first-order valence-corrected chi connectivity index (χ1v) is 7.28. The summed E-state index contributed by atoms with van der Waals surface area (Å²) in [4.78, 5) is 13.6. The van der Waals surface area contributed by atoms with E-state index in [1.54, 1.807) is 0 Å². The molecule has 1 aromatic heterocycles. The van der Waals surface area contributed by atoms with Gasteiger partial charge in [-0.25, -0.2) is 0 Å². The molecule has 5 nitrogen and oxygen atoms in total. The van der Waals surface area contributed by atoms with Crippen LogP contribution in [0.2, 0.25) is 0 Å². The zero-order valence-corrected chi connectivity index (χ0v) is 13.5. The van der Waals surface area contributed by atoms with Crippen LogP contribution in [-0.2, 0) is 24.7 Å². The Hall–Kier alpha value is -1.85. The van der Waals surface area contributed by atoms with Gasteiger partial charge in [0.25, 0.3) is 0 Å². The maximum Gasteiger partial charge on any atom is 0.236 e. The molecule has 0 bridgehead atoms. The van der Waals surface area contributed by atoms with Crippen LogP contribution >= 0.6 is 12.4 Å². The van der Waals surface area contributed by atoms with E-state index in [4.69, 9.17) is 5.73 Å². The number of fused-ring (bicyclic) bond motifs is 1. The standard InChI is InChI=1S/C16H20N4O.ClH/c1-19-16(12-5-3-2-4-6-12)13-7-9-20(15(21)11-17)10-8-14(13)18-19;/h2-6H,7-11,17H2,1H3;1H. The number of aromatic nitrogens is 2. The highest BCUT2D eigenvalue weighted by atomic mass is 35.5. The molecule has 1 aromatic carbocycles. The number of hydrogen-bond acceptors (Lipinski definition) is 3. The van der Waals surface area contributed by atoms with Gasteiger partial charge < -0.3 is 10.6 Å². The molecule has 2 heterocycles. The molecule has 2 aromatic rings. The molecule has 2 N–H and O–H groups in total. The van der Waals surface area contributed by atoms with Crippen molar-refractivity contribution in [3.8, 4) is 11.3 Å².